The lowest BCUT2D eigenvalue weighted by atomic mass is 10.2. The number of ether oxygens (including phenoxy) is 1. The van der Waals surface area contributed by atoms with Crippen LogP contribution in [0.3, 0.4) is 0 Å². The number of hydrogen-bond acceptors (Lipinski definition) is 4. The number of amides is 1. The summed E-state index contributed by atoms with van der Waals surface area (Å²) in [5, 5.41) is 5.22. The Morgan fingerprint density at radius 2 is 2.11 bits per heavy atom. The molecule has 0 radical (unpaired) electrons. The third-order valence-corrected chi connectivity index (χ3v) is 3.27. The predicted molar refractivity (Wildman–Crippen MR) is 77.5 cm³/mol. The van der Waals surface area contributed by atoms with E-state index in [-0.39, 0.29) is 5.91 Å². The smallest absolute Gasteiger partial charge is 0.250 e. The molecular weight excluding hydrogens is 260 g/mol. The van der Waals surface area contributed by atoms with Crippen LogP contribution in [0.4, 0.5) is 5.13 Å². The molecule has 0 fully saturated rings. The summed E-state index contributed by atoms with van der Waals surface area (Å²) in [6.07, 6.45) is 3.23. The fourth-order valence-electron chi connectivity index (χ4n) is 1.45. The number of aryl methyl sites for hydroxylation is 1. The van der Waals surface area contributed by atoms with Crippen LogP contribution in [0.5, 0.6) is 5.75 Å². The molecule has 0 saturated heterocycles. The highest BCUT2D eigenvalue weighted by Crippen LogP contribution is 2.15. The van der Waals surface area contributed by atoms with Gasteiger partial charge in [-0.25, -0.2) is 4.98 Å². The van der Waals surface area contributed by atoms with Gasteiger partial charge in [0.1, 0.15) is 5.75 Å². The summed E-state index contributed by atoms with van der Waals surface area (Å²) >= 11 is 1.41. The Labute approximate surface area is 115 Å². The molecule has 0 atom stereocenters. The van der Waals surface area contributed by atoms with Gasteiger partial charge in [-0.15, -0.1) is 11.3 Å². The number of carbonyl (C=O) groups is 1. The number of rotatable bonds is 4. The highest BCUT2D eigenvalue weighted by Gasteiger charge is 2.01. The van der Waals surface area contributed by atoms with E-state index < -0.39 is 0 Å². The maximum atomic E-state index is 11.7. The summed E-state index contributed by atoms with van der Waals surface area (Å²) < 4.78 is 5.07. The molecular formula is C14H14N2O2S. The SMILES string of the molecule is COc1ccc(C=CC(=O)Nc2nc(C)cs2)cc1. The van der Waals surface area contributed by atoms with Gasteiger partial charge >= 0.3 is 0 Å². The first-order chi connectivity index (χ1) is 9.17. The molecule has 0 aliphatic heterocycles. The van der Waals surface area contributed by atoms with Crippen molar-refractivity contribution in [3.63, 3.8) is 0 Å². The van der Waals surface area contributed by atoms with Crippen LogP contribution in [0.1, 0.15) is 11.3 Å². The summed E-state index contributed by atoms with van der Waals surface area (Å²) in [5.74, 6) is 0.602. The molecule has 1 amide bonds. The van der Waals surface area contributed by atoms with Gasteiger partial charge in [-0.3, -0.25) is 10.1 Å². The maximum Gasteiger partial charge on any atom is 0.250 e. The molecule has 0 aliphatic rings. The van der Waals surface area contributed by atoms with Gasteiger partial charge in [0, 0.05) is 11.5 Å². The lowest BCUT2D eigenvalue weighted by Crippen LogP contribution is -2.07. The summed E-state index contributed by atoms with van der Waals surface area (Å²) in [4.78, 5) is 15.8. The first-order valence-corrected chi connectivity index (χ1v) is 6.60. The number of aromatic nitrogens is 1. The largest absolute Gasteiger partial charge is 0.497 e. The monoisotopic (exact) mass is 274 g/mol. The Balaban J connectivity index is 1.95. The second kappa shape index (κ2) is 6.15. The number of methoxy groups -OCH3 is 1. The van der Waals surface area contributed by atoms with Gasteiger partial charge in [-0.1, -0.05) is 12.1 Å². The lowest BCUT2D eigenvalue weighted by molar-refractivity contribution is -0.111. The second-order valence-electron chi connectivity index (χ2n) is 3.89. The van der Waals surface area contributed by atoms with E-state index in [1.54, 1.807) is 13.2 Å². The second-order valence-corrected chi connectivity index (χ2v) is 4.75. The van der Waals surface area contributed by atoms with Gasteiger partial charge in [-0.2, -0.15) is 0 Å². The Morgan fingerprint density at radius 1 is 1.37 bits per heavy atom. The zero-order chi connectivity index (χ0) is 13.7. The Hall–Kier alpha value is -2.14. The Morgan fingerprint density at radius 3 is 2.68 bits per heavy atom. The van der Waals surface area contributed by atoms with Gasteiger partial charge in [0.05, 0.1) is 12.8 Å². The number of anilines is 1. The minimum atomic E-state index is -0.190. The van der Waals surface area contributed by atoms with Gasteiger partial charge in [-0.05, 0) is 30.7 Å². The molecule has 0 aliphatic carbocycles. The maximum absolute atomic E-state index is 11.7. The molecule has 2 aromatic rings. The minimum absolute atomic E-state index is 0.190. The van der Waals surface area contributed by atoms with Gasteiger partial charge in [0.15, 0.2) is 5.13 Å². The summed E-state index contributed by atoms with van der Waals surface area (Å²) in [6, 6.07) is 7.47. The lowest BCUT2D eigenvalue weighted by Gasteiger charge is -1.99. The number of nitrogens with zero attached hydrogens (tertiary/aromatic N) is 1. The fourth-order valence-corrected chi connectivity index (χ4v) is 2.14. The van der Waals surface area contributed by atoms with Crippen LogP contribution in [-0.4, -0.2) is 18.0 Å². The van der Waals surface area contributed by atoms with Crippen molar-refractivity contribution < 1.29 is 9.53 Å². The molecule has 1 N–H and O–H groups in total. The van der Waals surface area contributed by atoms with Crippen LogP contribution in [0, 0.1) is 6.92 Å². The van der Waals surface area contributed by atoms with Crippen LogP contribution in [0.15, 0.2) is 35.7 Å². The average Bonchev–Trinajstić information content (AvgIpc) is 2.82. The highest BCUT2D eigenvalue weighted by atomic mass is 32.1. The first-order valence-electron chi connectivity index (χ1n) is 5.72. The van der Waals surface area contributed by atoms with E-state index in [1.807, 2.05) is 36.6 Å². The molecule has 98 valence electrons. The van der Waals surface area contributed by atoms with Gasteiger partial charge < -0.3 is 4.74 Å². The summed E-state index contributed by atoms with van der Waals surface area (Å²) in [6.45, 7) is 1.89. The molecule has 1 heterocycles. The zero-order valence-electron chi connectivity index (χ0n) is 10.7. The van der Waals surface area contributed by atoms with Crippen LogP contribution < -0.4 is 10.1 Å². The number of carbonyl (C=O) groups excluding carboxylic acids is 1. The van der Waals surface area contributed by atoms with E-state index in [2.05, 4.69) is 10.3 Å². The molecule has 1 aromatic carbocycles. The molecule has 0 bridgehead atoms. The Bertz CT molecular complexity index is 588. The predicted octanol–water partition coefficient (Wildman–Crippen LogP) is 3.11. The third kappa shape index (κ3) is 3.93. The standard InChI is InChI=1S/C14H14N2O2S/c1-10-9-19-14(15-10)16-13(17)8-5-11-3-6-12(18-2)7-4-11/h3-9H,1-2H3,(H,15,16,17). The van der Waals surface area contributed by atoms with Crippen molar-refractivity contribution in [1.29, 1.82) is 0 Å². The van der Waals surface area contributed by atoms with E-state index in [4.69, 9.17) is 4.74 Å². The molecule has 0 spiro atoms. The first kappa shape index (κ1) is 13.3. The van der Waals surface area contributed by atoms with Crippen molar-refractivity contribution >= 4 is 28.5 Å². The van der Waals surface area contributed by atoms with Crippen LogP contribution in [0.2, 0.25) is 0 Å². The van der Waals surface area contributed by atoms with Gasteiger partial charge in [0.25, 0.3) is 0 Å². The quantitative estimate of drug-likeness (QED) is 0.871. The van der Waals surface area contributed by atoms with Crippen LogP contribution in [0.25, 0.3) is 6.08 Å². The van der Waals surface area contributed by atoms with Crippen molar-refractivity contribution in [3.05, 3.63) is 47.0 Å². The number of benzene rings is 1. The van der Waals surface area contributed by atoms with Crippen LogP contribution >= 0.6 is 11.3 Å². The number of hydrogen-bond donors (Lipinski definition) is 1. The van der Waals surface area contributed by atoms with Crippen LogP contribution in [-0.2, 0) is 4.79 Å². The van der Waals surface area contributed by atoms with Crippen molar-refractivity contribution in [3.8, 4) is 5.75 Å². The molecule has 4 nitrogen and oxygen atoms in total. The molecule has 2 rings (SSSR count). The van der Waals surface area contributed by atoms with E-state index in [0.29, 0.717) is 5.13 Å². The van der Waals surface area contributed by atoms with Crippen molar-refractivity contribution in [2.75, 3.05) is 12.4 Å². The molecule has 0 saturated carbocycles. The highest BCUT2D eigenvalue weighted by molar-refractivity contribution is 7.13. The average molecular weight is 274 g/mol. The van der Waals surface area contributed by atoms with Gasteiger partial charge in [0.2, 0.25) is 5.91 Å². The number of thiazole rings is 1. The summed E-state index contributed by atoms with van der Waals surface area (Å²) in [5.41, 5.74) is 1.84. The minimum Gasteiger partial charge on any atom is -0.497 e. The topological polar surface area (TPSA) is 51.2 Å². The van der Waals surface area contributed by atoms with Crippen molar-refractivity contribution in [2.45, 2.75) is 6.92 Å². The van der Waals surface area contributed by atoms with Crippen molar-refractivity contribution in [1.82, 2.24) is 4.98 Å². The zero-order valence-corrected chi connectivity index (χ0v) is 11.5. The Kier molecular flexibility index (Phi) is 4.30. The number of nitrogens with one attached hydrogen (secondary N) is 1. The van der Waals surface area contributed by atoms with E-state index >= 15 is 0 Å². The van der Waals surface area contributed by atoms with E-state index in [0.717, 1.165) is 17.0 Å². The van der Waals surface area contributed by atoms with Crippen molar-refractivity contribution in [2.24, 2.45) is 0 Å². The molecule has 19 heavy (non-hydrogen) atoms. The third-order valence-electron chi connectivity index (χ3n) is 2.39. The summed E-state index contributed by atoms with van der Waals surface area (Å²) in [7, 11) is 1.62. The normalized spacial score (nSPS) is 10.6. The molecule has 5 heteroatoms. The van der Waals surface area contributed by atoms with E-state index in [9.17, 15) is 4.79 Å². The molecule has 0 unspecified atom stereocenters. The molecule has 1 aromatic heterocycles. The van der Waals surface area contributed by atoms with E-state index in [1.165, 1.54) is 17.4 Å². The fraction of sp³-hybridized carbons (Fsp3) is 0.143.